The topological polar surface area (TPSA) is 24.1 Å². The highest BCUT2D eigenvalue weighted by Gasteiger charge is 2.33. The fraction of sp³-hybridized carbons (Fsp3) is 0.500. The summed E-state index contributed by atoms with van der Waals surface area (Å²) in [6.07, 6.45) is 3.84. The van der Waals surface area contributed by atoms with Crippen molar-refractivity contribution in [1.82, 2.24) is 5.32 Å². The number of benzene rings is 1. The monoisotopic (exact) mass is 240 g/mol. The molecule has 2 aliphatic heterocycles. The predicted molar refractivity (Wildman–Crippen MR) is 75.9 cm³/mol. The van der Waals surface area contributed by atoms with Crippen molar-refractivity contribution < 1.29 is 0 Å². The molecule has 2 atom stereocenters. The summed E-state index contributed by atoms with van der Waals surface area (Å²) in [4.78, 5) is 0. The summed E-state index contributed by atoms with van der Waals surface area (Å²) in [6.45, 7) is 5.63. The summed E-state index contributed by atoms with van der Waals surface area (Å²) < 4.78 is 0. The van der Waals surface area contributed by atoms with Crippen LogP contribution in [0.4, 0.5) is 5.69 Å². The van der Waals surface area contributed by atoms with E-state index < -0.39 is 0 Å². The number of rotatable bonds is 0. The molecule has 2 nitrogen and oxygen atoms in total. The molecule has 1 aliphatic carbocycles. The molecule has 0 amide bonds. The molecule has 2 heteroatoms. The fourth-order valence-corrected chi connectivity index (χ4v) is 3.89. The van der Waals surface area contributed by atoms with Gasteiger partial charge in [-0.05, 0) is 55.4 Å². The normalized spacial score (nSPS) is 28.8. The van der Waals surface area contributed by atoms with E-state index in [9.17, 15) is 0 Å². The average molecular weight is 240 g/mol. The number of fused-ring (bicyclic) bond motifs is 4. The second-order valence-corrected chi connectivity index (χ2v) is 5.89. The van der Waals surface area contributed by atoms with E-state index in [0.29, 0.717) is 12.1 Å². The SMILES string of the molecule is CC1Nc2c(ccc3c2CCC3)C2=C1CN[C@H]2C. The molecular formula is C16H20N2. The highest BCUT2D eigenvalue weighted by Crippen LogP contribution is 2.43. The predicted octanol–water partition coefficient (Wildman–Crippen LogP) is 2.73. The minimum absolute atomic E-state index is 0.483. The molecule has 4 rings (SSSR count). The number of anilines is 1. The Morgan fingerprint density at radius 1 is 1.11 bits per heavy atom. The third-order valence-electron chi connectivity index (χ3n) is 4.83. The van der Waals surface area contributed by atoms with Gasteiger partial charge in [0.05, 0.1) is 0 Å². The molecule has 0 radical (unpaired) electrons. The Hall–Kier alpha value is -1.28. The van der Waals surface area contributed by atoms with Crippen LogP contribution in [0.25, 0.3) is 5.57 Å². The highest BCUT2D eigenvalue weighted by atomic mass is 15.0. The lowest BCUT2D eigenvalue weighted by molar-refractivity contribution is 0.721. The Kier molecular flexibility index (Phi) is 2.13. The second-order valence-electron chi connectivity index (χ2n) is 5.89. The summed E-state index contributed by atoms with van der Waals surface area (Å²) in [7, 11) is 0. The molecule has 0 fully saturated rings. The van der Waals surface area contributed by atoms with Crippen LogP contribution < -0.4 is 10.6 Å². The maximum absolute atomic E-state index is 3.75. The standard InChI is InChI=1S/C16H20N2/c1-9-14-8-17-10(2)15(14)13-7-6-11-4-3-5-12(11)16(13)18-9/h6-7,9-10,17-18H,3-5,8H2,1-2H3/t9?,10-/m0/s1. The Labute approximate surface area is 108 Å². The van der Waals surface area contributed by atoms with Gasteiger partial charge in [0.1, 0.15) is 0 Å². The highest BCUT2D eigenvalue weighted by molar-refractivity contribution is 5.88. The van der Waals surface area contributed by atoms with Crippen LogP contribution in [0.15, 0.2) is 17.7 Å². The van der Waals surface area contributed by atoms with Crippen LogP contribution in [0.1, 0.15) is 37.0 Å². The number of aryl methyl sites for hydroxylation is 1. The van der Waals surface area contributed by atoms with Crippen molar-refractivity contribution in [1.29, 1.82) is 0 Å². The largest absolute Gasteiger partial charge is 0.378 e. The first-order valence-corrected chi connectivity index (χ1v) is 7.13. The zero-order chi connectivity index (χ0) is 12.3. The van der Waals surface area contributed by atoms with E-state index in [0.717, 1.165) is 6.54 Å². The van der Waals surface area contributed by atoms with Gasteiger partial charge in [-0.15, -0.1) is 0 Å². The molecule has 1 aromatic rings. The molecule has 0 spiro atoms. The van der Waals surface area contributed by atoms with Gasteiger partial charge in [0.25, 0.3) is 0 Å². The zero-order valence-electron chi connectivity index (χ0n) is 11.1. The number of hydrogen-bond acceptors (Lipinski definition) is 2. The molecular weight excluding hydrogens is 220 g/mol. The first-order chi connectivity index (χ1) is 8.75. The molecule has 18 heavy (non-hydrogen) atoms. The smallest absolute Gasteiger partial charge is 0.0464 e. The number of nitrogens with one attached hydrogen (secondary N) is 2. The van der Waals surface area contributed by atoms with Gasteiger partial charge in [0.2, 0.25) is 0 Å². The van der Waals surface area contributed by atoms with Crippen molar-refractivity contribution in [3.63, 3.8) is 0 Å². The average Bonchev–Trinajstić information content (AvgIpc) is 2.96. The minimum Gasteiger partial charge on any atom is -0.378 e. The molecule has 1 unspecified atom stereocenters. The molecule has 1 aromatic carbocycles. The van der Waals surface area contributed by atoms with Crippen LogP contribution in [0, 0.1) is 0 Å². The van der Waals surface area contributed by atoms with E-state index >= 15 is 0 Å². The van der Waals surface area contributed by atoms with Crippen molar-refractivity contribution in [3.8, 4) is 0 Å². The molecule has 0 bridgehead atoms. The van der Waals surface area contributed by atoms with E-state index in [-0.39, 0.29) is 0 Å². The first kappa shape index (κ1) is 10.6. The van der Waals surface area contributed by atoms with Gasteiger partial charge in [-0.3, -0.25) is 0 Å². The van der Waals surface area contributed by atoms with Crippen molar-refractivity contribution in [2.24, 2.45) is 0 Å². The third kappa shape index (κ3) is 1.27. The number of hydrogen-bond donors (Lipinski definition) is 2. The van der Waals surface area contributed by atoms with Crippen LogP contribution in [-0.2, 0) is 12.8 Å². The third-order valence-corrected chi connectivity index (χ3v) is 4.83. The lowest BCUT2D eigenvalue weighted by Crippen LogP contribution is -2.25. The van der Waals surface area contributed by atoms with Crippen LogP contribution in [0.2, 0.25) is 0 Å². The van der Waals surface area contributed by atoms with Crippen molar-refractivity contribution in [2.45, 2.75) is 45.2 Å². The Morgan fingerprint density at radius 2 is 2.00 bits per heavy atom. The quantitative estimate of drug-likeness (QED) is 0.728. The maximum atomic E-state index is 3.75. The molecule has 0 aromatic heterocycles. The lowest BCUT2D eigenvalue weighted by atomic mass is 9.87. The Bertz CT molecular complexity index is 556. The van der Waals surface area contributed by atoms with Crippen LogP contribution in [0.5, 0.6) is 0 Å². The van der Waals surface area contributed by atoms with Gasteiger partial charge in [0.15, 0.2) is 0 Å². The Morgan fingerprint density at radius 3 is 2.89 bits per heavy atom. The molecule has 0 saturated carbocycles. The molecule has 2 heterocycles. The van der Waals surface area contributed by atoms with Gasteiger partial charge < -0.3 is 10.6 Å². The van der Waals surface area contributed by atoms with Crippen molar-refractivity contribution in [3.05, 3.63) is 34.4 Å². The second kappa shape index (κ2) is 3.61. The molecule has 94 valence electrons. The van der Waals surface area contributed by atoms with E-state index in [1.807, 2.05) is 0 Å². The maximum Gasteiger partial charge on any atom is 0.0464 e. The van der Waals surface area contributed by atoms with Crippen LogP contribution in [-0.4, -0.2) is 18.6 Å². The lowest BCUT2D eigenvalue weighted by Gasteiger charge is -2.29. The van der Waals surface area contributed by atoms with E-state index in [4.69, 9.17) is 0 Å². The Balaban J connectivity index is 1.95. The van der Waals surface area contributed by atoms with E-state index in [2.05, 4.69) is 36.6 Å². The van der Waals surface area contributed by atoms with Crippen molar-refractivity contribution in [2.75, 3.05) is 11.9 Å². The van der Waals surface area contributed by atoms with E-state index in [1.54, 1.807) is 22.3 Å². The molecule has 0 saturated heterocycles. The summed E-state index contributed by atoms with van der Waals surface area (Å²) in [5.41, 5.74) is 9.17. The van der Waals surface area contributed by atoms with E-state index in [1.165, 1.54) is 30.5 Å². The van der Waals surface area contributed by atoms with Crippen LogP contribution in [0.3, 0.4) is 0 Å². The molecule has 3 aliphatic rings. The summed E-state index contributed by atoms with van der Waals surface area (Å²) in [6, 6.07) is 5.69. The first-order valence-electron chi connectivity index (χ1n) is 7.13. The minimum atomic E-state index is 0.483. The van der Waals surface area contributed by atoms with Gasteiger partial charge in [0, 0.05) is 29.9 Å². The molecule has 2 N–H and O–H groups in total. The summed E-state index contributed by atoms with van der Waals surface area (Å²) >= 11 is 0. The van der Waals surface area contributed by atoms with Crippen molar-refractivity contribution >= 4 is 11.3 Å². The van der Waals surface area contributed by atoms with Gasteiger partial charge >= 0.3 is 0 Å². The van der Waals surface area contributed by atoms with Crippen LogP contribution >= 0.6 is 0 Å². The fourth-order valence-electron chi connectivity index (χ4n) is 3.89. The zero-order valence-corrected chi connectivity index (χ0v) is 11.1. The summed E-state index contributed by atoms with van der Waals surface area (Å²) in [5.74, 6) is 0. The summed E-state index contributed by atoms with van der Waals surface area (Å²) in [5, 5.41) is 7.34. The van der Waals surface area contributed by atoms with Gasteiger partial charge in [-0.1, -0.05) is 12.1 Å². The van der Waals surface area contributed by atoms with Gasteiger partial charge in [-0.2, -0.15) is 0 Å². The van der Waals surface area contributed by atoms with Gasteiger partial charge in [-0.25, -0.2) is 0 Å².